The molecule has 0 unspecified atom stereocenters. The highest BCUT2D eigenvalue weighted by molar-refractivity contribution is 9.10. The molecule has 3 heteroatoms. The van der Waals surface area contributed by atoms with Crippen LogP contribution in [0.4, 0.5) is 10.1 Å². The van der Waals surface area contributed by atoms with Crippen LogP contribution in [-0.2, 0) is 0 Å². The van der Waals surface area contributed by atoms with Crippen molar-refractivity contribution >= 4 is 21.6 Å². The summed E-state index contributed by atoms with van der Waals surface area (Å²) in [7, 11) is 0. The van der Waals surface area contributed by atoms with Gasteiger partial charge in [0.2, 0.25) is 0 Å². The minimum Gasteiger partial charge on any atom is -0.380 e. The van der Waals surface area contributed by atoms with Crippen LogP contribution in [0.25, 0.3) is 0 Å². The number of rotatable bonds is 2. The molecule has 12 heavy (non-hydrogen) atoms. The van der Waals surface area contributed by atoms with Crippen molar-refractivity contribution in [3.05, 3.63) is 28.5 Å². The summed E-state index contributed by atoms with van der Waals surface area (Å²) in [5.74, 6) is -0.216. The van der Waals surface area contributed by atoms with Crippen LogP contribution in [0.1, 0.15) is 13.8 Å². The molecule has 1 rings (SSSR count). The van der Waals surface area contributed by atoms with E-state index in [1.165, 1.54) is 6.07 Å². The first-order chi connectivity index (χ1) is 5.59. The zero-order valence-corrected chi connectivity index (χ0v) is 8.65. The number of benzene rings is 1. The Labute approximate surface area is 80.1 Å². The van der Waals surface area contributed by atoms with Gasteiger partial charge >= 0.3 is 0 Å². The van der Waals surface area contributed by atoms with Gasteiger partial charge in [-0.05, 0) is 32.0 Å². The Kier molecular flexibility index (Phi) is 3.09. The lowest BCUT2D eigenvalue weighted by atomic mass is 10.3. The van der Waals surface area contributed by atoms with Crippen molar-refractivity contribution in [2.75, 3.05) is 5.32 Å². The normalized spacial score (nSPS) is 10.4. The van der Waals surface area contributed by atoms with Crippen molar-refractivity contribution in [2.45, 2.75) is 19.9 Å². The molecule has 1 aromatic carbocycles. The molecule has 0 aliphatic rings. The van der Waals surface area contributed by atoms with Crippen LogP contribution >= 0.6 is 15.9 Å². The van der Waals surface area contributed by atoms with Crippen molar-refractivity contribution in [3.8, 4) is 0 Å². The number of hydrogen-bond acceptors (Lipinski definition) is 1. The third-order valence-electron chi connectivity index (χ3n) is 1.37. The van der Waals surface area contributed by atoms with Gasteiger partial charge in [0, 0.05) is 10.5 Å². The second kappa shape index (κ2) is 3.90. The summed E-state index contributed by atoms with van der Waals surface area (Å²) in [5.41, 5.74) is 0.541. The Morgan fingerprint density at radius 1 is 1.42 bits per heavy atom. The fraction of sp³-hybridized carbons (Fsp3) is 0.333. The largest absolute Gasteiger partial charge is 0.380 e. The van der Waals surface area contributed by atoms with Crippen LogP contribution in [-0.4, -0.2) is 6.04 Å². The van der Waals surface area contributed by atoms with Gasteiger partial charge in [-0.15, -0.1) is 0 Å². The van der Waals surface area contributed by atoms with Gasteiger partial charge in [0.05, 0.1) is 5.69 Å². The van der Waals surface area contributed by atoms with Crippen LogP contribution in [0.5, 0.6) is 0 Å². The van der Waals surface area contributed by atoms with Crippen LogP contribution in [0, 0.1) is 5.82 Å². The molecule has 1 N–H and O–H groups in total. The fourth-order valence-corrected chi connectivity index (χ4v) is 1.28. The maximum atomic E-state index is 13.0. The van der Waals surface area contributed by atoms with E-state index in [-0.39, 0.29) is 11.9 Å². The molecule has 0 saturated heterocycles. The summed E-state index contributed by atoms with van der Waals surface area (Å²) in [4.78, 5) is 0. The molecule has 0 amide bonds. The van der Waals surface area contributed by atoms with Gasteiger partial charge in [-0.3, -0.25) is 0 Å². The summed E-state index contributed by atoms with van der Waals surface area (Å²) in [6, 6.07) is 5.10. The van der Waals surface area contributed by atoms with E-state index in [1.54, 1.807) is 12.1 Å². The van der Waals surface area contributed by atoms with Crippen LogP contribution < -0.4 is 5.32 Å². The molecular weight excluding hydrogens is 221 g/mol. The van der Waals surface area contributed by atoms with E-state index < -0.39 is 0 Å². The lowest BCUT2D eigenvalue weighted by Gasteiger charge is -2.10. The van der Waals surface area contributed by atoms with Crippen LogP contribution in [0.15, 0.2) is 22.7 Å². The Balaban J connectivity index is 2.90. The van der Waals surface area contributed by atoms with Gasteiger partial charge < -0.3 is 5.32 Å². The highest BCUT2D eigenvalue weighted by atomic mass is 79.9. The van der Waals surface area contributed by atoms with Crippen LogP contribution in [0.3, 0.4) is 0 Å². The number of anilines is 1. The second-order valence-corrected chi connectivity index (χ2v) is 3.84. The maximum absolute atomic E-state index is 13.0. The van der Waals surface area contributed by atoms with Crippen molar-refractivity contribution in [3.63, 3.8) is 0 Å². The summed E-state index contributed by atoms with van der Waals surface area (Å²) < 4.78 is 13.9. The highest BCUT2D eigenvalue weighted by Gasteiger charge is 2.02. The Morgan fingerprint density at radius 3 is 2.67 bits per heavy atom. The quantitative estimate of drug-likeness (QED) is 0.823. The van der Waals surface area contributed by atoms with E-state index in [0.29, 0.717) is 5.69 Å². The average molecular weight is 232 g/mol. The Bertz CT molecular complexity index is 273. The molecule has 0 saturated carbocycles. The predicted octanol–water partition coefficient (Wildman–Crippen LogP) is 3.41. The van der Waals surface area contributed by atoms with E-state index in [2.05, 4.69) is 21.2 Å². The average Bonchev–Trinajstić information content (AvgIpc) is 1.96. The standard InChI is InChI=1S/C9H11BrFN/c1-6(2)12-9-5-7(10)3-4-8(9)11/h3-6,12H,1-2H3. The van der Waals surface area contributed by atoms with Crippen LogP contribution in [0.2, 0.25) is 0 Å². The van der Waals surface area contributed by atoms with Crippen molar-refractivity contribution in [2.24, 2.45) is 0 Å². The minimum atomic E-state index is -0.216. The van der Waals surface area contributed by atoms with E-state index in [4.69, 9.17) is 0 Å². The van der Waals surface area contributed by atoms with Crippen molar-refractivity contribution in [1.82, 2.24) is 0 Å². The monoisotopic (exact) mass is 231 g/mol. The van der Waals surface area contributed by atoms with E-state index in [0.717, 1.165) is 4.47 Å². The highest BCUT2D eigenvalue weighted by Crippen LogP contribution is 2.20. The molecule has 0 fully saturated rings. The topological polar surface area (TPSA) is 12.0 Å². The molecule has 0 aliphatic carbocycles. The van der Waals surface area contributed by atoms with Gasteiger partial charge in [-0.2, -0.15) is 0 Å². The zero-order valence-electron chi connectivity index (χ0n) is 7.07. The SMILES string of the molecule is CC(C)Nc1cc(Br)ccc1F. The van der Waals surface area contributed by atoms with Gasteiger partial charge in [0.15, 0.2) is 0 Å². The molecule has 1 nitrogen and oxygen atoms in total. The fourth-order valence-electron chi connectivity index (χ4n) is 0.919. The molecular formula is C9H11BrFN. The number of nitrogens with one attached hydrogen (secondary N) is 1. The molecule has 0 aromatic heterocycles. The first-order valence-corrected chi connectivity index (χ1v) is 4.60. The number of halogens is 2. The molecule has 66 valence electrons. The lowest BCUT2D eigenvalue weighted by molar-refractivity contribution is 0.627. The molecule has 0 spiro atoms. The summed E-state index contributed by atoms with van der Waals surface area (Å²) >= 11 is 3.28. The third kappa shape index (κ3) is 2.48. The lowest BCUT2D eigenvalue weighted by Crippen LogP contribution is -2.10. The molecule has 0 radical (unpaired) electrons. The second-order valence-electron chi connectivity index (χ2n) is 2.92. The molecule has 1 aromatic rings. The van der Waals surface area contributed by atoms with E-state index in [1.807, 2.05) is 13.8 Å². The molecule has 0 aliphatic heterocycles. The first-order valence-electron chi connectivity index (χ1n) is 3.81. The summed E-state index contributed by atoms with van der Waals surface area (Å²) in [5, 5.41) is 3.01. The minimum absolute atomic E-state index is 0.216. The van der Waals surface area contributed by atoms with Gasteiger partial charge in [0.25, 0.3) is 0 Å². The van der Waals surface area contributed by atoms with Gasteiger partial charge in [0.1, 0.15) is 5.82 Å². The van der Waals surface area contributed by atoms with Gasteiger partial charge in [-0.1, -0.05) is 15.9 Å². The van der Waals surface area contributed by atoms with Gasteiger partial charge in [-0.25, -0.2) is 4.39 Å². The summed E-state index contributed by atoms with van der Waals surface area (Å²) in [6.07, 6.45) is 0. The first kappa shape index (κ1) is 9.52. The Hall–Kier alpha value is -0.570. The number of hydrogen-bond donors (Lipinski definition) is 1. The Morgan fingerprint density at radius 2 is 2.08 bits per heavy atom. The molecule has 0 atom stereocenters. The molecule has 0 heterocycles. The van der Waals surface area contributed by atoms with E-state index in [9.17, 15) is 4.39 Å². The van der Waals surface area contributed by atoms with E-state index >= 15 is 0 Å². The maximum Gasteiger partial charge on any atom is 0.146 e. The zero-order chi connectivity index (χ0) is 9.14. The van der Waals surface area contributed by atoms with Crippen molar-refractivity contribution in [1.29, 1.82) is 0 Å². The third-order valence-corrected chi connectivity index (χ3v) is 1.87. The predicted molar refractivity (Wildman–Crippen MR) is 52.9 cm³/mol. The summed E-state index contributed by atoms with van der Waals surface area (Å²) in [6.45, 7) is 3.95. The molecule has 0 bridgehead atoms. The van der Waals surface area contributed by atoms with Crippen molar-refractivity contribution < 1.29 is 4.39 Å². The smallest absolute Gasteiger partial charge is 0.146 e.